The first-order valence-corrected chi connectivity index (χ1v) is 7.57. The second-order valence-corrected chi connectivity index (χ2v) is 7.60. The summed E-state index contributed by atoms with van der Waals surface area (Å²) in [5, 5.41) is 6.37. The molecule has 0 bridgehead atoms. The van der Waals surface area contributed by atoms with Crippen molar-refractivity contribution in [1.29, 1.82) is 0 Å². The second-order valence-electron chi connectivity index (χ2n) is 6.65. The number of hydrogen-bond acceptors (Lipinski definition) is 4. The van der Waals surface area contributed by atoms with E-state index in [1.165, 1.54) is 0 Å². The van der Waals surface area contributed by atoms with Gasteiger partial charge in [-0.1, -0.05) is 20.8 Å². The fourth-order valence-electron chi connectivity index (χ4n) is 2.12. The molecule has 1 fully saturated rings. The highest BCUT2D eigenvalue weighted by atomic mass is 32.1. The van der Waals surface area contributed by atoms with Gasteiger partial charge in [-0.15, -0.1) is 11.3 Å². The minimum absolute atomic E-state index is 0.0709. The number of rotatable bonds is 2. The van der Waals surface area contributed by atoms with Crippen LogP contribution in [0.2, 0.25) is 0 Å². The minimum atomic E-state index is -0.456. The zero-order valence-electron chi connectivity index (χ0n) is 12.4. The summed E-state index contributed by atoms with van der Waals surface area (Å²) in [6, 6.07) is 0. The average molecular weight is 281 g/mol. The highest BCUT2D eigenvalue weighted by Crippen LogP contribution is 2.25. The third kappa shape index (κ3) is 3.15. The van der Waals surface area contributed by atoms with Gasteiger partial charge in [0, 0.05) is 23.9 Å². The van der Waals surface area contributed by atoms with Crippen molar-refractivity contribution in [3.63, 3.8) is 0 Å². The summed E-state index contributed by atoms with van der Waals surface area (Å²) in [5.41, 5.74) is 0.721. The summed E-state index contributed by atoms with van der Waals surface area (Å²) in [6.07, 6.45) is 0. The van der Waals surface area contributed by atoms with Gasteiger partial charge in [-0.2, -0.15) is 0 Å². The van der Waals surface area contributed by atoms with E-state index in [4.69, 9.17) is 0 Å². The molecule has 0 unspecified atom stereocenters. The van der Waals surface area contributed by atoms with Gasteiger partial charge in [-0.25, -0.2) is 4.98 Å². The van der Waals surface area contributed by atoms with E-state index in [-0.39, 0.29) is 11.3 Å². The van der Waals surface area contributed by atoms with Crippen LogP contribution in [0.4, 0.5) is 0 Å². The number of hydrogen-bond donors (Lipinski definition) is 1. The summed E-state index contributed by atoms with van der Waals surface area (Å²) in [7, 11) is 0. The predicted molar refractivity (Wildman–Crippen MR) is 78.3 cm³/mol. The topological polar surface area (TPSA) is 45.2 Å². The number of carbonyl (C=O) groups is 1. The predicted octanol–water partition coefficient (Wildman–Crippen LogP) is 2.15. The van der Waals surface area contributed by atoms with Crippen LogP contribution < -0.4 is 5.32 Å². The standard InChI is InChI=1S/C14H23N3OS/c1-13(2,3)10-9-19-11(16-10)8-17-7-6-15-14(4,5)12(17)18/h9,15H,6-8H2,1-5H3. The average Bonchev–Trinajstić information content (AvgIpc) is 2.73. The van der Waals surface area contributed by atoms with Gasteiger partial charge in [0.05, 0.1) is 17.8 Å². The third-order valence-electron chi connectivity index (χ3n) is 3.42. The first-order valence-electron chi connectivity index (χ1n) is 6.69. The Hall–Kier alpha value is -0.940. The summed E-state index contributed by atoms with van der Waals surface area (Å²) in [6.45, 7) is 12.6. The number of aromatic nitrogens is 1. The maximum atomic E-state index is 12.3. The van der Waals surface area contributed by atoms with Crippen LogP contribution in [0.5, 0.6) is 0 Å². The molecule has 1 aromatic heterocycles. The van der Waals surface area contributed by atoms with Crippen LogP contribution in [0.1, 0.15) is 45.3 Å². The molecule has 1 aromatic rings. The molecular formula is C14H23N3OS. The Balaban J connectivity index is 2.09. The Kier molecular flexibility index (Phi) is 3.71. The summed E-state index contributed by atoms with van der Waals surface area (Å²) in [4.78, 5) is 18.9. The first-order chi connectivity index (χ1) is 8.70. The van der Waals surface area contributed by atoms with Gasteiger partial charge < -0.3 is 10.2 Å². The molecule has 1 saturated heterocycles. The van der Waals surface area contributed by atoms with Gasteiger partial charge in [-0.05, 0) is 13.8 Å². The summed E-state index contributed by atoms with van der Waals surface area (Å²) >= 11 is 1.65. The van der Waals surface area contributed by atoms with E-state index < -0.39 is 5.54 Å². The molecule has 1 aliphatic rings. The lowest BCUT2D eigenvalue weighted by atomic mass is 9.93. The molecule has 0 atom stereocenters. The van der Waals surface area contributed by atoms with E-state index in [0.29, 0.717) is 6.54 Å². The SMILES string of the molecule is CC1(C)NCCN(Cc2nc(C(C)(C)C)cs2)C1=O. The van der Waals surface area contributed by atoms with Crippen LogP contribution in [0, 0.1) is 0 Å². The summed E-state index contributed by atoms with van der Waals surface area (Å²) in [5.74, 6) is 0.159. The zero-order chi connectivity index (χ0) is 14.3. The van der Waals surface area contributed by atoms with E-state index in [1.807, 2.05) is 18.7 Å². The normalized spacial score (nSPS) is 19.8. The van der Waals surface area contributed by atoms with Crippen molar-refractivity contribution in [2.45, 2.75) is 52.1 Å². The summed E-state index contributed by atoms with van der Waals surface area (Å²) < 4.78 is 0. The van der Waals surface area contributed by atoms with Crippen LogP contribution in [0.25, 0.3) is 0 Å². The zero-order valence-corrected chi connectivity index (χ0v) is 13.2. The van der Waals surface area contributed by atoms with Crippen molar-refractivity contribution < 1.29 is 4.79 Å². The largest absolute Gasteiger partial charge is 0.333 e. The van der Waals surface area contributed by atoms with E-state index in [2.05, 4.69) is 36.5 Å². The van der Waals surface area contributed by atoms with Gasteiger partial charge in [0.1, 0.15) is 5.01 Å². The molecule has 19 heavy (non-hydrogen) atoms. The van der Waals surface area contributed by atoms with Gasteiger partial charge in [-0.3, -0.25) is 4.79 Å². The molecule has 2 rings (SSSR count). The smallest absolute Gasteiger partial charge is 0.242 e. The number of amides is 1. The number of thiazole rings is 1. The van der Waals surface area contributed by atoms with Gasteiger partial charge in [0.15, 0.2) is 0 Å². The van der Waals surface area contributed by atoms with Crippen molar-refractivity contribution in [2.75, 3.05) is 13.1 Å². The molecule has 106 valence electrons. The van der Waals surface area contributed by atoms with Gasteiger partial charge >= 0.3 is 0 Å². The number of piperazine rings is 1. The van der Waals surface area contributed by atoms with Crippen LogP contribution in [0.15, 0.2) is 5.38 Å². The van der Waals surface area contributed by atoms with Gasteiger partial charge in [0.25, 0.3) is 0 Å². The molecule has 4 nitrogen and oxygen atoms in total. The molecule has 1 aliphatic heterocycles. The van der Waals surface area contributed by atoms with Crippen molar-refractivity contribution >= 4 is 17.2 Å². The molecule has 0 spiro atoms. The molecular weight excluding hydrogens is 258 g/mol. The number of nitrogens with zero attached hydrogens (tertiary/aromatic N) is 2. The maximum Gasteiger partial charge on any atom is 0.242 e. The van der Waals surface area contributed by atoms with Crippen LogP contribution in [-0.4, -0.2) is 34.4 Å². The van der Waals surface area contributed by atoms with E-state index in [1.54, 1.807) is 11.3 Å². The van der Waals surface area contributed by atoms with Crippen molar-refractivity contribution in [2.24, 2.45) is 0 Å². The Morgan fingerprint density at radius 1 is 1.47 bits per heavy atom. The highest BCUT2D eigenvalue weighted by molar-refractivity contribution is 7.09. The molecule has 0 saturated carbocycles. The third-order valence-corrected chi connectivity index (χ3v) is 4.25. The minimum Gasteiger partial charge on any atom is -0.333 e. The monoisotopic (exact) mass is 281 g/mol. The van der Waals surface area contributed by atoms with Crippen LogP contribution in [-0.2, 0) is 16.8 Å². The van der Waals surface area contributed by atoms with E-state index in [9.17, 15) is 4.79 Å². The fourth-order valence-corrected chi connectivity index (χ4v) is 3.15. The van der Waals surface area contributed by atoms with E-state index >= 15 is 0 Å². The molecule has 1 N–H and O–H groups in total. The maximum absolute atomic E-state index is 12.3. The Labute approximate surface area is 119 Å². The second kappa shape index (κ2) is 4.87. The number of carbonyl (C=O) groups excluding carboxylic acids is 1. The molecule has 0 aromatic carbocycles. The molecule has 2 heterocycles. The lowest BCUT2D eigenvalue weighted by Crippen LogP contribution is -2.60. The molecule has 5 heteroatoms. The lowest BCUT2D eigenvalue weighted by Gasteiger charge is -2.37. The molecule has 1 amide bonds. The van der Waals surface area contributed by atoms with Crippen molar-refractivity contribution in [3.8, 4) is 0 Å². The Bertz CT molecular complexity index is 473. The lowest BCUT2D eigenvalue weighted by molar-refractivity contribution is -0.140. The quantitative estimate of drug-likeness (QED) is 0.903. The van der Waals surface area contributed by atoms with Crippen LogP contribution >= 0.6 is 11.3 Å². The van der Waals surface area contributed by atoms with Gasteiger partial charge in [0.2, 0.25) is 5.91 Å². The fraction of sp³-hybridized carbons (Fsp3) is 0.714. The highest BCUT2D eigenvalue weighted by Gasteiger charge is 2.35. The molecule has 0 radical (unpaired) electrons. The van der Waals surface area contributed by atoms with Crippen molar-refractivity contribution in [1.82, 2.24) is 15.2 Å². The Morgan fingerprint density at radius 2 is 2.16 bits per heavy atom. The van der Waals surface area contributed by atoms with Crippen LogP contribution in [0.3, 0.4) is 0 Å². The first kappa shape index (κ1) is 14.5. The van der Waals surface area contributed by atoms with Crippen molar-refractivity contribution in [3.05, 3.63) is 16.1 Å². The number of nitrogens with one attached hydrogen (secondary N) is 1. The van der Waals surface area contributed by atoms with E-state index in [0.717, 1.165) is 23.8 Å². The molecule has 0 aliphatic carbocycles. The Morgan fingerprint density at radius 3 is 2.74 bits per heavy atom.